The highest BCUT2D eigenvalue weighted by molar-refractivity contribution is 9.10. The van der Waals surface area contributed by atoms with E-state index in [0.717, 1.165) is 18.4 Å². The Bertz CT molecular complexity index is 516. The summed E-state index contributed by atoms with van der Waals surface area (Å²) in [5.41, 5.74) is 1.70. The van der Waals surface area contributed by atoms with Crippen LogP contribution in [-0.4, -0.2) is 22.3 Å². The minimum atomic E-state index is -0.382. The van der Waals surface area contributed by atoms with Gasteiger partial charge < -0.3 is 4.90 Å². The molecular formula is C12H13BrN2O3. The summed E-state index contributed by atoms with van der Waals surface area (Å²) < 4.78 is 0.469. The first kappa shape index (κ1) is 13.0. The Hall–Kier alpha value is -1.43. The van der Waals surface area contributed by atoms with Gasteiger partial charge in [0.2, 0.25) is 5.91 Å². The molecule has 1 aliphatic heterocycles. The van der Waals surface area contributed by atoms with E-state index in [1.54, 1.807) is 11.0 Å². The molecule has 5 nitrogen and oxygen atoms in total. The summed E-state index contributed by atoms with van der Waals surface area (Å²) in [6.07, 6.45) is 1.61. The molecule has 0 radical (unpaired) electrons. The molecule has 0 spiro atoms. The maximum absolute atomic E-state index is 11.5. The van der Waals surface area contributed by atoms with Crippen LogP contribution in [0.15, 0.2) is 16.6 Å². The van der Waals surface area contributed by atoms with Gasteiger partial charge in [0, 0.05) is 13.5 Å². The van der Waals surface area contributed by atoms with Crippen LogP contribution < -0.4 is 0 Å². The number of nitrogens with zero attached hydrogens (tertiary/aromatic N) is 2. The van der Waals surface area contributed by atoms with Gasteiger partial charge in [-0.25, -0.2) is 0 Å². The second-order valence-electron chi connectivity index (χ2n) is 4.33. The second-order valence-corrected chi connectivity index (χ2v) is 5.19. The molecule has 0 N–H and O–H groups in total. The predicted octanol–water partition coefficient (Wildman–Crippen LogP) is 2.65. The molecule has 0 unspecified atom stereocenters. The van der Waals surface area contributed by atoms with Crippen molar-refractivity contribution in [3.05, 3.63) is 37.8 Å². The van der Waals surface area contributed by atoms with E-state index in [0.29, 0.717) is 23.1 Å². The molecule has 6 heteroatoms. The van der Waals surface area contributed by atoms with E-state index in [-0.39, 0.29) is 16.5 Å². The van der Waals surface area contributed by atoms with Crippen LogP contribution in [0.5, 0.6) is 0 Å². The monoisotopic (exact) mass is 312 g/mol. The number of carbonyl (C=O) groups is 1. The number of aryl methyl sites for hydroxylation is 1. The highest BCUT2D eigenvalue weighted by atomic mass is 79.9. The minimum absolute atomic E-state index is 0.0443. The molecule has 0 aromatic heterocycles. The van der Waals surface area contributed by atoms with Crippen molar-refractivity contribution in [1.82, 2.24) is 4.90 Å². The number of benzene rings is 1. The largest absolute Gasteiger partial charge is 0.338 e. The molecule has 0 saturated heterocycles. The Morgan fingerprint density at radius 3 is 2.83 bits per heavy atom. The summed E-state index contributed by atoms with van der Waals surface area (Å²) in [6, 6.07) is 3.61. The molecule has 1 heterocycles. The summed E-state index contributed by atoms with van der Waals surface area (Å²) in [5.74, 6) is -0.0443. The number of nitro groups is 1. The van der Waals surface area contributed by atoms with Crippen LogP contribution in [-0.2, 0) is 17.8 Å². The van der Waals surface area contributed by atoms with Crippen LogP contribution in [0.2, 0.25) is 0 Å². The fourth-order valence-corrected chi connectivity index (χ4v) is 2.77. The summed E-state index contributed by atoms with van der Waals surface area (Å²) in [7, 11) is 0. The van der Waals surface area contributed by atoms with Gasteiger partial charge in [-0.3, -0.25) is 14.9 Å². The van der Waals surface area contributed by atoms with Gasteiger partial charge in [-0.2, -0.15) is 0 Å². The standard InChI is InChI=1S/C12H13BrN2O3/c1-8(16)14-6-2-3-9-4-5-11(13)12(15(17)18)10(9)7-14/h4-5H,2-3,6-7H2,1H3. The van der Waals surface area contributed by atoms with Crippen LogP contribution in [0.3, 0.4) is 0 Å². The average molecular weight is 313 g/mol. The zero-order valence-corrected chi connectivity index (χ0v) is 11.6. The number of halogens is 1. The molecule has 0 saturated carbocycles. The van der Waals surface area contributed by atoms with Crippen LogP contribution in [0.1, 0.15) is 24.5 Å². The van der Waals surface area contributed by atoms with Crippen molar-refractivity contribution in [3.63, 3.8) is 0 Å². The lowest BCUT2D eigenvalue weighted by atomic mass is 10.0. The van der Waals surface area contributed by atoms with Gasteiger partial charge in [-0.15, -0.1) is 0 Å². The lowest BCUT2D eigenvalue weighted by Crippen LogP contribution is -2.28. The first-order valence-electron chi connectivity index (χ1n) is 5.71. The van der Waals surface area contributed by atoms with Gasteiger partial charge in [0.1, 0.15) is 0 Å². The topological polar surface area (TPSA) is 63.5 Å². The van der Waals surface area contributed by atoms with Crippen LogP contribution in [0, 0.1) is 10.1 Å². The van der Waals surface area contributed by atoms with Crippen LogP contribution in [0.4, 0.5) is 5.69 Å². The highest BCUT2D eigenvalue weighted by Gasteiger charge is 2.26. The van der Waals surface area contributed by atoms with Crippen LogP contribution >= 0.6 is 15.9 Å². The molecular weight excluding hydrogens is 300 g/mol. The molecule has 0 aliphatic carbocycles. The van der Waals surface area contributed by atoms with Crippen molar-refractivity contribution < 1.29 is 9.72 Å². The smallest absolute Gasteiger partial charge is 0.288 e. The van der Waals surface area contributed by atoms with Crippen molar-refractivity contribution in [3.8, 4) is 0 Å². The second kappa shape index (κ2) is 5.06. The molecule has 0 fully saturated rings. The highest BCUT2D eigenvalue weighted by Crippen LogP contribution is 2.34. The number of hydrogen-bond acceptors (Lipinski definition) is 3. The maximum atomic E-state index is 11.5. The zero-order chi connectivity index (χ0) is 13.3. The quantitative estimate of drug-likeness (QED) is 0.591. The van der Waals surface area contributed by atoms with E-state index < -0.39 is 0 Å². The number of nitro benzene ring substituents is 1. The summed E-state index contributed by atoms with van der Waals surface area (Å²) in [5, 5.41) is 11.2. The number of rotatable bonds is 1. The van der Waals surface area contributed by atoms with Crippen molar-refractivity contribution >= 4 is 27.5 Å². The Labute approximate surface area is 113 Å². The van der Waals surface area contributed by atoms with E-state index in [9.17, 15) is 14.9 Å². The van der Waals surface area contributed by atoms with Crippen molar-refractivity contribution in [1.29, 1.82) is 0 Å². The van der Waals surface area contributed by atoms with E-state index in [1.807, 2.05) is 6.07 Å². The molecule has 18 heavy (non-hydrogen) atoms. The number of fused-ring (bicyclic) bond motifs is 1. The van der Waals surface area contributed by atoms with E-state index in [2.05, 4.69) is 15.9 Å². The Balaban J connectivity index is 2.52. The molecule has 96 valence electrons. The summed E-state index contributed by atoms with van der Waals surface area (Å²) in [6.45, 7) is 2.47. The fraction of sp³-hybridized carbons (Fsp3) is 0.417. The van der Waals surface area contributed by atoms with Gasteiger partial charge in [-0.05, 0) is 40.4 Å². The van der Waals surface area contributed by atoms with E-state index >= 15 is 0 Å². The maximum Gasteiger partial charge on any atom is 0.288 e. The molecule has 1 aromatic rings. The average Bonchev–Trinajstić information content (AvgIpc) is 2.50. The normalized spacial score (nSPS) is 14.9. The molecule has 1 aliphatic rings. The third-order valence-electron chi connectivity index (χ3n) is 3.18. The number of amides is 1. The van der Waals surface area contributed by atoms with Crippen LogP contribution in [0.25, 0.3) is 0 Å². The number of hydrogen-bond donors (Lipinski definition) is 0. The SMILES string of the molecule is CC(=O)N1CCCc2ccc(Br)c([N+](=O)[O-])c2C1. The number of carbonyl (C=O) groups excluding carboxylic acids is 1. The van der Waals surface area contributed by atoms with E-state index in [1.165, 1.54) is 6.92 Å². The Morgan fingerprint density at radius 2 is 2.22 bits per heavy atom. The van der Waals surface area contributed by atoms with Crippen molar-refractivity contribution in [2.24, 2.45) is 0 Å². The Morgan fingerprint density at radius 1 is 1.50 bits per heavy atom. The molecule has 0 atom stereocenters. The third kappa shape index (κ3) is 2.38. The third-order valence-corrected chi connectivity index (χ3v) is 3.82. The minimum Gasteiger partial charge on any atom is -0.338 e. The lowest BCUT2D eigenvalue weighted by molar-refractivity contribution is -0.386. The molecule has 0 bridgehead atoms. The van der Waals surface area contributed by atoms with Gasteiger partial charge in [0.25, 0.3) is 5.69 Å². The summed E-state index contributed by atoms with van der Waals surface area (Å²) in [4.78, 5) is 23.9. The van der Waals surface area contributed by atoms with E-state index in [4.69, 9.17) is 0 Å². The lowest BCUT2D eigenvalue weighted by Gasteiger charge is -2.18. The summed E-state index contributed by atoms with van der Waals surface area (Å²) >= 11 is 3.21. The fourth-order valence-electron chi connectivity index (χ4n) is 2.26. The van der Waals surface area contributed by atoms with Gasteiger partial charge in [0.15, 0.2) is 0 Å². The van der Waals surface area contributed by atoms with Gasteiger partial charge in [-0.1, -0.05) is 6.07 Å². The van der Waals surface area contributed by atoms with Crippen molar-refractivity contribution in [2.75, 3.05) is 6.54 Å². The first-order valence-corrected chi connectivity index (χ1v) is 6.50. The Kier molecular flexibility index (Phi) is 3.65. The van der Waals surface area contributed by atoms with Gasteiger partial charge >= 0.3 is 0 Å². The van der Waals surface area contributed by atoms with Crippen molar-refractivity contribution in [2.45, 2.75) is 26.3 Å². The predicted molar refractivity (Wildman–Crippen MR) is 70.2 cm³/mol. The molecule has 1 aromatic carbocycles. The zero-order valence-electron chi connectivity index (χ0n) is 9.98. The first-order chi connectivity index (χ1) is 8.50. The molecule has 1 amide bonds. The molecule has 2 rings (SSSR count). The van der Waals surface area contributed by atoms with Gasteiger partial charge in [0.05, 0.1) is 21.5 Å².